The van der Waals surface area contributed by atoms with Crippen LogP contribution >= 0.6 is 0 Å². The van der Waals surface area contributed by atoms with Crippen LogP contribution in [-0.4, -0.2) is 16.1 Å². The molecule has 8 heteroatoms. The lowest BCUT2D eigenvalue weighted by Crippen LogP contribution is -2.12. The van der Waals surface area contributed by atoms with Gasteiger partial charge in [0, 0.05) is 6.20 Å². The fraction of sp³-hybridized carbons (Fsp3) is 0.250. The van der Waals surface area contributed by atoms with E-state index in [1.165, 1.54) is 0 Å². The fourth-order valence-electron chi connectivity index (χ4n) is 0.982. The minimum Gasteiger partial charge on any atom is -0.476 e. The first-order valence-corrected chi connectivity index (χ1v) is 3.82. The quantitative estimate of drug-likeness (QED) is 0.810. The molecule has 0 radical (unpaired) electrons. The maximum absolute atomic E-state index is 12.3. The number of carboxylic acids is 1. The minimum atomic E-state index is -4.84. The maximum atomic E-state index is 12.3. The van der Waals surface area contributed by atoms with Crippen molar-refractivity contribution >= 4 is 5.97 Å². The number of hydrogen-bond donors (Lipinski definition) is 1. The van der Waals surface area contributed by atoms with Crippen LogP contribution in [0.15, 0.2) is 12.3 Å². The zero-order valence-electron chi connectivity index (χ0n) is 7.42. The smallest absolute Gasteiger partial charge is 0.417 e. The maximum Gasteiger partial charge on any atom is 0.417 e. The molecule has 1 heterocycles. The number of carbonyl (C=O) groups is 1. The summed E-state index contributed by atoms with van der Waals surface area (Å²) in [5.41, 5.74) is -3.74. The highest BCUT2D eigenvalue weighted by atomic mass is 19.4. The molecule has 1 N–H and O–H groups in total. The molecule has 88 valence electrons. The Bertz CT molecular complexity index is 415. The number of aromatic nitrogens is 1. The third-order valence-corrected chi connectivity index (χ3v) is 1.68. The van der Waals surface area contributed by atoms with Crippen molar-refractivity contribution in [1.82, 2.24) is 4.98 Å². The Hall–Kier alpha value is -1.73. The molecule has 0 unspecified atom stereocenters. The molecule has 0 saturated carbocycles. The van der Waals surface area contributed by atoms with Crippen molar-refractivity contribution in [2.75, 3.05) is 0 Å². The number of carboxylic acid groups (broad SMARTS) is 1. The first-order chi connectivity index (χ1) is 7.23. The number of nitrogens with zero attached hydrogens (tertiary/aromatic N) is 1. The van der Waals surface area contributed by atoms with Gasteiger partial charge in [-0.2, -0.15) is 13.2 Å². The van der Waals surface area contributed by atoms with E-state index in [0.717, 1.165) is 0 Å². The second-order valence-electron chi connectivity index (χ2n) is 2.77. The summed E-state index contributed by atoms with van der Waals surface area (Å²) in [6.45, 7) is 0. The Morgan fingerprint density at radius 3 is 2.31 bits per heavy atom. The average Bonchev–Trinajstić information content (AvgIpc) is 2.15. The summed E-state index contributed by atoms with van der Waals surface area (Å²) >= 11 is 0. The zero-order valence-corrected chi connectivity index (χ0v) is 7.42. The highest BCUT2D eigenvalue weighted by Gasteiger charge is 2.33. The SMILES string of the molecule is O=C(O)c1ncc(C(F)(F)F)cc1C(F)F. The van der Waals surface area contributed by atoms with Crippen LogP contribution in [0.25, 0.3) is 0 Å². The van der Waals surface area contributed by atoms with E-state index < -0.39 is 35.4 Å². The lowest BCUT2D eigenvalue weighted by atomic mass is 10.1. The predicted octanol–water partition coefficient (Wildman–Crippen LogP) is 2.74. The van der Waals surface area contributed by atoms with Crippen molar-refractivity contribution in [2.45, 2.75) is 12.6 Å². The van der Waals surface area contributed by atoms with Gasteiger partial charge in [0.1, 0.15) is 0 Å². The molecule has 0 aliphatic carbocycles. The van der Waals surface area contributed by atoms with Gasteiger partial charge in [0.2, 0.25) is 0 Å². The summed E-state index contributed by atoms with van der Waals surface area (Å²) in [4.78, 5) is 13.3. The Morgan fingerprint density at radius 2 is 1.94 bits per heavy atom. The standard InChI is InChI=1S/C8H4F5NO2/c9-6(10)4-1-3(8(11,12)13)2-14-5(4)7(15)16/h1-2,6H,(H,15,16). The van der Waals surface area contributed by atoms with Crippen LogP contribution in [0.1, 0.15) is 28.0 Å². The number of alkyl halides is 5. The van der Waals surface area contributed by atoms with Gasteiger partial charge in [-0.1, -0.05) is 0 Å². The summed E-state index contributed by atoms with van der Waals surface area (Å²) in [6.07, 6.45) is -7.97. The van der Waals surface area contributed by atoms with Crippen LogP contribution < -0.4 is 0 Å². The summed E-state index contributed by atoms with van der Waals surface area (Å²) in [5.74, 6) is -1.80. The van der Waals surface area contributed by atoms with Crippen molar-refractivity contribution in [3.8, 4) is 0 Å². The van der Waals surface area contributed by atoms with Gasteiger partial charge in [-0.05, 0) is 6.07 Å². The van der Waals surface area contributed by atoms with Crippen molar-refractivity contribution in [1.29, 1.82) is 0 Å². The summed E-state index contributed by atoms with van der Waals surface area (Å²) < 4.78 is 61.0. The first-order valence-electron chi connectivity index (χ1n) is 3.82. The molecule has 0 spiro atoms. The normalized spacial score (nSPS) is 11.9. The number of halogens is 5. The van der Waals surface area contributed by atoms with E-state index in [4.69, 9.17) is 5.11 Å². The highest BCUT2D eigenvalue weighted by Crippen LogP contribution is 2.32. The van der Waals surface area contributed by atoms with Gasteiger partial charge in [0.15, 0.2) is 5.69 Å². The van der Waals surface area contributed by atoms with Gasteiger partial charge in [-0.15, -0.1) is 0 Å². The largest absolute Gasteiger partial charge is 0.476 e. The molecule has 1 rings (SSSR count). The fourth-order valence-corrected chi connectivity index (χ4v) is 0.982. The third-order valence-electron chi connectivity index (χ3n) is 1.68. The molecule has 0 amide bonds. The van der Waals surface area contributed by atoms with Crippen molar-refractivity contribution < 1.29 is 31.9 Å². The first kappa shape index (κ1) is 12.3. The van der Waals surface area contributed by atoms with E-state index in [2.05, 4.69) is 4.98 Å². The lowest BCUT2D eigenvalue weighted by Gasteiger charge is -2.09. The van der Waals surface area contributed by atoms with Crippen molar-refractivity contribution in [3.63, 3.8) is 0 Å². The minimum absolute atomic E-state index is 0.0844. The summed E-state index contributed by atoms with van der Waals surface area (Å²) in [6, 6.07) is 0.0844. The monoisotopic (exact) mass is 241 g/mol. The molecule has 0 bridgehead atoms. The molecular formula is C8H4F5NO2. The molecule has 1 aromatic heterocycles. The molecule has 0 aliphatic heterocycles. The molecule has 3 nitrogen and oxygen atoms in total. The molecule has 16 heavy (non-hydrogen) atoms. The molecule has 0 aliphatic rings. The molecule has 0 atom stereocenters. The molecule has 0 fully saturated rings. The zero-order chi connectivity index (χ0) is 12.5. The van der Waals surface area contributed by atoms with E-state index in [1.54, 1.807) is 0 Å². The van der Waals surface area contributed by atoms with Crippen molar-refractivity contribution in [2.24, 2.45) is 0 Å². The lowest BCUT2D eigenvalue weighted by molar-refractivity contribution is -0.138. The molecule has 0 aromatic carbocycles. The molecular weight excluding hydrogens is 237 g/mol. The van der Waals surface area contributed by atoms with Gasteiger partial charge in [-0.3, -0.25) is 0 Å². The molecule has 0 saturated heterocycles. The van der Waals surface area contributed by atoms with Crippen LogP contribution in [0, 0.1) is 0 Å². The van der Waals surface area contributed by atoms with Gasteiger partial charge in [0.05, 0.1) is 11.1 Å². The van der Waals surface area contributed by atoms with Gasteiger partial charge in [-0.25, -0.2) is 18.6 Å². The summed E-state index contributed by atoms with van der Waals surface area (Å²) in [7, 11) is 0. The van der Waals surface area contributed by atoms with Gasteiger partial charge < -0.3 is 5.11 Å². The number of hydrogen-bond acceptors (Lipinski definition) is 2. The Kier molecular flexibility index (Phi) is 3.11. The summed E-state index contributed by atoms with van der Waals surface area (Å²) in [5, 5.41) is 8.43. The van der Waals surface area contributed by atoms with E-state index in [0.29, 0.717) is 0 Å². The predicted molar refractivity (Wildman–Crippen MR) is 41.2 cm³/mol. The third kappa shape index (κ3) is 2.44. The average molecular weight is 241 g/mol. The topological polar surface area (TPSA) is 50.2 Å². The van der Waals surface area contributed by atoms with Crippen LogP contribution in [0.3, 0.4) is 0 Å². The van der Waals surface area contributed by atoms with Crippen LogP contribution in [0.2, 0.25) is 0 Å². The van der Waals surface area contributed by atoms with E-state index >= 15 is 0 Å². The molecule has 1 aromatic rings. The second kappa shape index (κ2) is 4.03. The second-order valence-corrected chi connectivity index (χ2v) is 2.77. The van der Waals surface area contributed by atoms with Crippen LogP contribution in [0.4, 0.5) is 22.0 Å². The van der Waals surface area contributed by atoms with Crippen molar-refractivity contribution in [3.05, 3.63) is 29.1 Å². The van der Waals surface area contributed by atoms with Crippen LogP contribution in [0.5, 0.6) is 0 Å². The van der Waals surface area contributed by atoms with Gasteiger partial charge >= 0.3 is 12.1 Å². The van der Waals surface area contributed by atoms with Crippen LogP contribution in [-0.2, 0) is 6.18 Å². The van der Waals surface area contributed by atoms with E-state index in [9.17, 15) is 26.7 Å². The van der Waals surface area contributed by atoms with Gasteiger partial charge in [0.25, 0.3) is 6.43 Å². The Morgan fingerprint density at radius 1 is 1.38 bits per heavy atom. The Labute approximate surface area is 85.5 Å². The number of pyridine rings is 1. The number of aromatic carboxylic acids is 1. The Balaban J connectivity index is 3.34. The van der Waals surface area contributed by atoms with E-state index in [1.807, 2.05) is 0 Å². The number of rotatable bonds is 2. The highest BCUT2D eigenvalue weighted by molar-refractivity contribution is 5.87. The van der Waals surface area contributed by atoms with E-state index in [-0.39, 0.29) is 12.3 Å².